The number of nitrogens with zero attached hydrogens (tertiary/aromatic N) is 2. The molecule has 0 saturated carbocycles. The predicted octanol–water partition coefficient (Wildman–Crippen LogP) is 4.53. The predicted molar refractivity (Wildman–Crippen MR) is 140 cm³/mol. The number of carbonyl (C=O) groups is 2. The third kappa shape index (κ3) is 7.95. The number of piperazine rings is 1. The second-order valence-corrected chi connectivity index (χ2v) is 10.0. The summed E-state index contributed by atoms with van der Waals surface area (Å²) in [6.07, 6.45) is -4.47. The first-order valence-corrected chi connectivity index (χ1v) is 13.1. The highest BCUT2D eigenvalue weighted by Gasteiger charge is 2.29. The van der Waals surface area contributed by atoms with Gasteiger partial charge in [0.2, 0.25) is 0 Å². The molecule has 0 bridgehead atoms. The molecule has 0 radical (unpaired) electrons. The molecular weight excluding hydrogens is 561 g/mol. The number of nitrogens with one attached hydrogen (secondary N) is 3. The maximum Gasteiger partial charge on any atom is 0.390 e. The van der Waals surface area contributed by atoms with E-state index in [1.165, 1.54) is 18.2 Å². The van der Waals surface area contributed by atoms with Crippen molar-refractivity contribution in [2.75, 3.05) is 56.2 Å². The quantitative estimate of drug-likeness (QED) is 0.394. The van der Waals surface area contributed by atoms with Gasteiger partial charge in [0.15, 0.2) is 11.6 Å². The van der Waals surface area contributed by atoms with Gasteiger partial charge in [0.05, 0.1) is 36.0 Å². The van der Waals surface area contributed by atoms with E-state index in [1.54, 1.807) is 11.0 Å². The molecule has 2 heterocycles. The average Bonchev–Trinajstić information content (AvgIpc) is 3.42. The van der Waals surface area contributed by atoms with Crippen LogP contribution in [0.25, 0.3) is 0 Å². The van der Waals surface area contributed by atoms with Crippen LogP contribution in [-0.2, 0) is 11.3 Å². The molecule has 2 saturated heterocycles. The molecule has 40 heavy (non-hydrogen) atoms. The molecule has 2 aliphatic rings. The molecule has 3 N–H and O–H groups in total. The fourth-order valence-corrected chi connectivity index (χ4v) is 4.69. The lowest BCUT2D eigenvalue weighted by Gasteiger charge is -2.37. The summed E-state index contributed by atoms with van der Waals surface area (Å²) in [6, 6.07) is 6.28. The van der Waals surface area contributed by atoms with Gasteiger partial charge in [0.1, 0.15) is 0 Å². The van der Waals surface area contributed by atoms with E-state index in [2.05, 4.69) is 16.0 Å². The van der Waals surface area contributed by atoms with Crippen molar-refractivity contribution in [1.29, 1.82) is 0 Å². The minimum atomic E-state index is -4.23. The van der Waals surface area contributed by atoms with Crippen LogP contribution in [0.2, 0.25) is 5.02 Å². The summed E-state index contributed by atoms with van der Waals surface area (Å²) in [7, 11) is 0. The summed E-state index contributed by atoms with van der Waals surface area (Å²) in [5, 5.41) is 8.09. The highest BCUT2D eigenvalue weighted by atomic mass is 35.5. The molecule has 0 unspecified atom stereocenters. The summed E-state index contributed by atoms with van der Waals surface area (Å²) in [5.74, 6) is -3.53. The first-order chi connectivity index (χ1) is 19.0. The third-order valence-electron chi connectivity index (χ3n) is 6.74. The maximum atomic E-state index is 14.9. The molecule has 0 aromatic heterocycles. The van der Waals surface area contributed by atoms with Crippen molar-refractivity contribution in [3.8, 4) is 0 Å². The zero-order chi connectivity index (χ0) is 28.9. The van der Waals surface area contributed by atoms with Crippen LogP contribution in [-0.4, -0.2) is 75.0 Å². The van der Waals surface area contributed by atoms with E-state index in [1.807, 2.05) is 4.90 Å². The van der Waals surface area contributed by atoms with Crippen molar-refractivity contribution in [3.63, 3.8) is 0 Å². The van der Waals surface area contributed by atoms with E-state index in [9.17, 15) is 31.5 Å². The Labute approximate surface area is 232 Å². The molecule has 0 spiro atoms. The Bertz CT molecular complexity index is 1220. The number of benzene rings is 2. The molecule has 14 heteroatoms. The van der Waals surface area contributed by atoms with Crippen LogP contribution < -0.4 is 20.9 Å². The van der Waals surface area contributed by atoms with Crippen LogP contribution in [0.15, 0.2) is 30.3 Å². The molecule has 4 rings (SSSR count). The highest BCUT2D eigenvalue weighted by molar-refractivity contribution is 6.31. The van der Waals surface area contributed by atoms with Gasteiger partial charge in [-0.3, -0.25) is 9.69 Å². The third-order valence-corrected chi connectivity index (χ3v) is 6.98. The Balaban J connectivity index is 1.39. The summed E-state index contributed by atoms with van der Waals surface area (Å²) in [6.45, 7) is 2.03. The highest BCUT2D eigenvalue weighted by Crippen LogP contribution is 2.31. The van der Waals surface area contributed by atoms with Gasteiger partial charge in [-0.25, -0.2) is 13.6 Å². The number of hydrogen-bond donors (Lipinski definition) is 3. The summed E-state index contributed by atoms with van der Waals surface area (Å²) in [4.78, 5) is 28.5. The van der Waals surface area contributed by atoms with Gasteiger partial charge >= 0.3 is 12.2 Å². The van der Waals surface area contributed by atoms with E-state index in [4.69, 9.17) is 16.3 Å². The molecule has 1 atom stereocenters. The van der Waals surface area contributed by atoms with Gasteiger partial charge in [-0.15, -0.1) is 0 Å². The number of halogens is 6. The molecule has 2 aromatic rings. The SMILES string of the molecule is O=C(NCc1ccc(C(=O)Nc2ccc(Cl)cc2N2CCN(CCC(F)(F)F)CC2)c(F)c1F)N[C@@H]1CCOC1. The van der Waals surface area contributed by atoms with Crippen LogP contribution in [0.5, 0.6) is 0 Å². The van der Waals surface area contributed by atoms with Crippen molar-refractivity contribution in [1.82, 2.24) is 15.5 Å². The smallest absolute Gasteiger partial charge is 0.379 e. The lowest BCUT2D eigenvalue weighted by atomic mass is 10.1. The number of alkyl halides is 3. The molecule has 2 aromatic carbocycles. The van der Waals surface area contributed by atoms with Crippen LogP contribution in [0.3, 0.4) is 0 Å². The number of amides is 3. The number of anilines is 2. The van der Waals surface area contributed by atoms with Crippen LogP contribution >= 0.6 is 11.6 Å². The van der Waals surface area contributed by atoms with Crippen LogP contribution in [0, 0.1) is 11.6 Å². The van der Waals surface area contributed by atoms with Crippen molar-refractivity contribution in [2.45, 2.75) is 31.6 Å². The summed E-state index contributed by atoms with van der Waals surface area (Å²) in [5.41, 5.74) is 0.127. The second kappa shape index (κ2) is 13.0. The Morgan fingerprint density at radius 1 is 1.05 bits per heavy atom. The number of urea groups is 1. The zero-order valence-electron chi connectivity index (χ0n) is 21.4. The fraction of sp³-hybridized carbons (Fsp3) is 0.462. The fourth-order valence-electron chi connectivity index (χ4n) is 4.52. The zero-order valence-corrected chi connectivity index (χ0v) is 22.2. The van der Waals surface area contributed by atoms with Gasteiger partial charge in [-0.1, -0.05) is 17.7 Å². The second-order valence-electron chi connectivity index (χ2n) is 9.60. The number of ether oxygens (including phenoxy) is 1. The van der Waals surface area contributed by atoms with E-state index in [0.29, 0.717) is 56.5 Å². The lowest BCUT2D eigenvalue weighted by molar-refractivity contribution is -0.138. The average molecular weight is 590 g/mol. The van der Waals surface area contributed by atoms with Crippen molar-refractivity contribution < 1.29 is 36.3 Å². The number of carbonyl (C=O) groups excluding carboxylic acids is 2. The van der Waals surface area contributed by atoms with Crippen molar-refractivity contribution in [3.05, 3.63) is 58.1 Å². The molecule has 218 valence electrons. The van der Waals surface area contributed by atoms with E-state index < -0.39 is 41.7 Å². The Morgan fingerprint density at radius 3 is 2.48 bits per heavy atom. The number of rotatable bonds is 8. The van der Waals surface area contributed by atoms with Gasteiger partial charge in [-0.2, -0.15) is 13.2 Å². The Hall–Kier alpha value is -3.16. The van der Waals surface area contributed by atoms with Crippen molar-refractivity contribution in [2.24, 2.45) is 0 Å². The van der Waals surface area contributed by atoms with Gasteiger partial charge in [-0.05, 0) is 30.7 Å². The summed E-state index contributed by atoms with van der Waals surface area (Å²) >= 11 is 6.16. The maximum absolute atomic E-state index is 14.9. The van der Waals surface area contributed by atoms with E-state index in [-0.39, 0.29) is 30.4 Å². The standard InChI is InChI=1S/C26H29ClF5N5O3/c27-17-2-4-20(21(13-17)37-10-8-36(9-11-37)7-6-26(30,31)32)35-24(38)19-3-1-16(22(28)23(19)29)14-33-25(39)34-18-5-12-40-15-18/h1-4,13,18H,5-12,14-15H2,(H,35,38)(H2,33,34,39)/t18-/m1/s1. The minimum absolute atomic E-state index is 0.104. The molecule has 0 aliphatic carbocycles. The largest absolute Gasteiger partial charge is 0.390 e. The first-order valence-electron chi connectivity index (χ1n) is 12.7. The topological polar surface area (TPSA) is 85.9 Å². The molecular formula is C26H29ClF5N5O3. The van der Waals surface area contributed by atoms with E-state index in [0.717, 1.165) is 6.07 Å². The molecule has 3 amide bonds. The molecule has 2 fully saturated rings. The first kappa shape index (κ1) is 29.8. The van der Waals surface area contributed by atoms with Gasteiger partial charge in [0.25, 0.3) is 5.91 Å². The van der Waals surface area contributed by atoms with Crippen molar-refractivity contribution >= 4 is 34.9 Å². The van der Waals surface area contributed by atoms with Gasteiger partial charge in [0, 0.05) is 56.5 Å². The lowest BCUT2D eigenvalue weighted by Crippen LogP contribution is -2.47. The molecule has 2 aliphatic heterocycles. The Kier molecular flexibility index (Phi) is 9.69. The minimum Gasteiger partial charge on any atom is -0.379 e. The number of hydrogen-bond acceptors (Lipinski definition) is 5. The van der Waals surface area contributed by atoms with Crippen LogP contribution in [0.1, 0.15) is 28.8 Å². The van der Waals surface area contributed by atoms with E-state index >= 15 is 0 Å². The molecule has 8 nitrogen and oxygen atoms in total. The van der Waals surface area contributed by atoms with Gasteiger partial charge < -0.3 is 25.6 Å². The normalized spacial score (nSPS) is 18.1. The Morgan fingerprint density at radius 2 is 1.80 bits per heavy atom. The van der Waals surface area contributed by atoms with Crippen LogP contribution in [0.4, 0.5) is 38.1 Å². The monoisotopic (exact) mass is 589 g/mol. The summed E-state index contributed by atoms with van der Waals surface area (Å²) < 4.78 is 72.5.